The highest BCUT2D eigenvalue weighted by Crippen LogP contribution is 2.29. The second kappa shape index (κ2) is 8.77. The normalized spacial score (nSPS) is 13.6. The second-order valence-electron chi connectivity index (χ2n) is 6.71. The molecule has 0 unspecified atom stereocenters. The molecule has 1 atom stereocenters. The van der Waals surface area contributed by atoms with Gasteiger partial charge in [0.2, 0.25) is 5.28 Å². The Morgan fingerprint density at radius 1 is 1.24 bits per heavy atom. The maximum atomic E-state index is 11.5. The number of carbonyl (C=O) groups is 1. The predicted molar refractivity (Wildman–Crippen MR) is 103 cm³/mol. The molecule has 0 saturated carbocycles. The van der Waals surface area contributed by atoms with Crippen molar-refractivity contribution in [2.75, 3.05) is 5.32 Å². The van der Waals surface area contributed by atoms with Crippen LogP contribution in [0.4, 0.5) is 5.82 Å². The number of unbranched alkanes of at least 4 members (excludes halogenated alkanes) is 2. The van der Waals surface area contributed by atoms with Gasteiger partial charge in [0, 0.05) is 18.2 Å². The van der Waals surface area contributed by atoms with Crippen LogP contribution < -0.4 is 5.32 Å². The van der Waals surface area contributed by atoms with Crippen LogP contribution in [0.5, 0.6) is 0 Å². The van der Waals surface area contributed by atoms with Crippen LogP contribution in [-0.2, 0) is 4.79 Å². The third-order valence-corrected chi connectivity index (χ3v) is 4.63. The van der Waals surface area contributed by atoms with E-state index in [2.05, 4.69) is 34.1 Å². The number of hydrogen-bond donors (Lipinski definition) is 1. The molecule has 0 aromatic carbocycles. The molecule has 7 heteroatoms. The summed E-state index contributed by atoms with van der Waals surface area (Å²) in [5.41, 5.74) is 0.947. The molecule has 0 aliphatic rings. The number of halogens is 2. The van der Waals surface area contributed by atoms with Gasteiger partial charge in [0.15, 0.2) is 5.82 Å². The van der Waals surface area contributed by atoms with Crippen molar-refractivity contribution in [2.45, 2.75) is 64.8 Å². The lowest BCUT2D eigenvalue weighted by molar-refractivity contribution is -0.117. The van der Waals surface area contributed by atoms with Crippen LogP contribution in [0.2, 0.25) is 10.3 Å². The zero-order valence-corrected chi connectivity index (χ0v) is 16.4. The number of aromatic nitrogens is 3. The van der Waals surface area contributed by atoms with Crippen LogP contribution in [0.25, 0.3) is 11.0 Å². The third kappa shape index (κ3) is 5.79. The lowest BCUT2D eigenvalue weighted by Crippen LogP contribution is -2.36. The number of fused-ring (bicyclic) bond motifs is 1. The molecule has 25 heavy (non-hydrogen) atoms. The van der Waals surface area contributed by atoms with Crippen LogP contribution in [-0.4, -0.2) is 26.3 Å². The summed E-state index contributed by atoms with van der Waals surface area (Å²) in [5, 5.41) is 4.12. The van der Waals surface area contributed by atoms with E-state index in [-0.39, 0.29) is 16.6 Å². The molecule has 136 valence electrons. The maximum Gasteiger partial charge on any atom is 0.225 e. The van der Waals surface area contributed by atoms with E-state index in [9.17, 15) is 4.79 Å². The van der Waals surface area contributed by atoms with Crippen molar-refractivity contribution in [1.82, 2.24) is 15.0 Å². The Morgan fingerprint density at radius 2 is 2.00 bits per heavy atom. The molecule has 2 heterocycles. The number of pyridine rings is 1. The van der Waals surface area contributed by atoms with Crippen LogP contribution in [0.3, 0.4) is 0 Å². The summed E-state index contributed by atoms with van der Waals surface area (Å²) in [6.45, 7) is 5.90. The summed E-state index contributed by atoms with van der Waals surface area (Å²) in [7, 11) is 0. The first-order chi connectivity index (χ1) is 11.8. The van der Waals surface area contributed by atoms with Gasteiger partial charge in [0.25, 0.3) is 0 Å². The molecule has 2 rings (SSSR count). The summed E-state index contributed by atoms with van der Waals surface area (Å²) in [6, 6.07) is 1.71. The van der Waals surface area contributed by atoms with Crippen molar-refractivity contribution in [3.05, 3.63) is 22.6 Å². The first-order valence-corrected chi connectivity index (χ1v) is 9.35. The molecule has 5 nitrogen and oxygen atoms in total. The van der Waals surface area contributed by atoms with E-state index in [1.807, 2.05) is 0 Å². The van der Waals surface area contributed by atoms with Crippen LogP contribution in [0.15, 0.2) is 12.3 Å². The van der Waals surface area contributed by atoms with Gasteiger partial charge in [0.05, 0.1) is 10.5 Å². The lowest BCUT2D eigenvalue weighted by atomic mass is 9.88. The molecule has 0 bridgehead atoms. The number of nitrogens with zero attached hydrogens (tertiary/aromatic N) is 3. The molecule has 0 aliphatic heterocycles. The van der Waals surface area contributed by atoms with E-state index in [4.69, 9.17) is 23.2 Å². The summed E-state index contributed by atoms with van der Waals surface area (Å²) in [5.74, 6) is 0.758. The molecule has 0 fully saturated rings. The van der Waals surface area contributed by atoms with Gasteiger partial charge in [-0.2, -0.15) is 4.98 Å². The highest BCUT2D eigenvalue weighted by Gasteiger charge is 2.26. The minimum Gasteiger partial charge on any atom is -0.363 e. The average molecular weight is 383 g/mol. The van der Waals surface area contributed by atoms with Gasteiger partial charge in [-0.25, -0.2) is 9.97 Å². The summed E-state index contributed by atoms with van der Waals surface area (Å²) < 4.78 is 0. The second-order valence-corrected chi connectivity index (χ2v) is 7.48. The van der Waals surface area contributed by atoms with Gasteiger partial charge in [0.1, 0.15) is 11.3 Å². The number of Topliss-reactive ketones (excluding diaryl/α,β-unsaturated/α-hetero) is 1. The number of rotatable bonds is 9. The highest BCUT2D eigenvalue weighted by molar-refractivity contribution is 6.31. The van der Waals surface area contributed by atoms with E-state index < -0.39 is 0 Å². The monoisotopic (exact) mass is 382 g/mol. The fraction of sp³-hybridized carbons (Fsp3) is 0.556. The topological polar surface area (TPSA) is 67.8 Å². The fourth-order valence-corrected chi connectivity index (χ4v) is 3.13. The standard InChI is InChI=1S/C18H24Cl2N4O/c1-4-5-6-8-18(3,9-7-12(2)25)24-16-15-14(22-17(20)23-16)10-13(19)11-21-15/h10-11H,4-9H2,1-3H3,(H,22,23,24)/t18-/m1/s1. The maximum absolute atomic E-state index is 11.5. The molecule has 0 amide bonds. The Hall–Kier alpha value is -1.46. The van der Waals surface area contributed by atoms with Crippen LogP contribution >= 0.6 is 23.2 Å². The van der Waals surface area contributed by atoms with E-state index >= 15 is 0 Å². The quantitative estimate of drug-likeness (QED) is 0.461. The van der Waals surface area contributed by atoms with Crippen molar-refractivity contribution < 1.29 is 4.79 Å². The van der Waals surface area contributed by atoms with Crippen molar-refractivity contribution in [3.63, 3.8) is 0 Å². The van der Waals surface area contributed by atoms with Gasteiger partial charge in [-0.1, -0.05) is 37.8 Å². The van der Waals surface area contributed by atoms with Crippen LogP contribution in [0.1, 0.15) is 59.3 Å². The number of hydrogen-bond acceptors (Lipinski definition) is 5. The van der Waals surface area contributed by atoms with Crippen molar-refractivity contribution in [3.8, 4) is 0 Å². The number of anilines is 1. The van der Waals surface area contributed by atoms with Crippen molar-refractivity contribution >= 4 is 45.8 Å². The third-order valence-electron chi connectivity index (χ3n) is 4.26. The minimum absolute atomic E-state index is 0.140. The molecule has 2 aromatic rings. The zero-order chi connectivity index (χ0) is 18.4. The number of ketones is 1. The van der Waals surface area contributed by atoms with E-state index in [1.165, 1.54) is 0 Å². The number of nitrogens with one attached hydrogen (secondary N) is 1. The molecule has 2 aromatic heterocycles. The first kappa shape index (κ1) is 19.9. The zero-order valence-electron chi connectivity index (χ0n) is 14.9. The van der Waals surface area contributed by atoms with E-state index in [0.29, 0.717) is 28.3 Å². The van der Waals surface area contributed by atoms with E-state index in [0.717, 1.165) is 32.1 Å². The Bertz CT molecular complexity index is 748. The summed E-state index contributed by atoms with van der Waals surface area (Å²) >= 11 is 12.1. The predicted octanol–water partition coefficient (Wildman–Crippen LogP) is 5.45. The van der Waals surface area contributed by atoms with Crippen molar-refractivity contribution in [2.24, 2.45) is 0 Å². The van der Waals surface area contributed by atoms with Gasteiger partial charge >= 0.3 is 0 Å². The fourth-order valence-electron chi connectivity index (χ4n) is 2.81. The lowest BCUT2D eigenvalue weighted by Gasteiger charge is -2.32. The Balaban J connectivity index is 2.33. The smallest absolute Gasteiger partial charge is 0.225 e. The van der Waals surface area contributed by atoms with E-state index in [1.54, 1.807) is 19.2 Å². The summed E-state index contributed by atoms with van der Waals surface area (Å²) in [6.07, 6.45) is 7.12. The Morgan fingerprint density at radius 3 is 2.68 bits per heavy atom. The van der Waals surface area contributed by atoms with Gasteiger partial charge in [-0.3, -0.25) is 0 Å². The van der Waals surface area contributed by atoms with Crippen LogP contribution in [0, 0.1) is 0 Å². The summed E-state index contributed by atoms with van der Waals surface area (Å²) in [4.78, 5) is 24.3. The molecule has 0 spiro atoms. The molecule has 0 radical (unpaired) electrons. The first-order valence-electron chi connectivity index (χ1n) is 8.59. The minimum atomic E-state index is -0.271. The van der Waals surface area contributed by atoms with Gasteiger partial charge in [-0.05, 0) is 44.4 Å². The van der Waals surface area contributed by atoms with Crippen molar-refractivity contribution in [1.29, 1.82) is 0 Å². The Kier molecular flexibility index (Phi) is 6.96. The molecule has 0 aliphatic carbocycles. The SMILES string of the molecule is CCCCC[C@](C)(CCC(C)=O)Nc1nc(Cl)nc2cc(Cl)cnc12. The van der Waals surface area contributed by atoms with Gasteiger partial charge in [-0.15, -0.1) is 0 Å². The highest BCUT2D eigenvalue weighted by atomic mass is 35.5. The molecular weight excluding hydrogens is 359 g/mol. The van der Waals surface area contributed by atoms with Gasteiger partial charge < -0.3 is 10.1 Å². The largest absolute Gasteiger partial charge is 0.363 e. The molecule has 0 saturated heterocycles. The Labute approximate surface area is 158 Å². The number of carbonyl (C=O) groups excluding carboxylic acids is 1. The molecule has 1 N–H and O–H groups in total. The molecular formula is C18H24Cl2N4O. The average Bonchev–Trinajstić information content (AvgIpc) is 2.52.